The molecule has 7 nitrogen and oxygen atoms in total. The predicted octanol–water partition coefficient (Wildman–Crippen LogP) is 3.78. The van der Waals surface area contributed by atoms with Gasteiger partial charge < -0.3 is 14.2 Å². The minimum atomic E-state index is -0.112. The molecule has 0 bridgehead atoms. The lowest BCUT2D eigenvalue weighted by molar-refractivity contribution is 0.0772. The predicted molar refractivity (Wildman–Crippen MR) is 108 cm³/mol. The van der Waals surface area contributed by atoms with E-state index in [1.165, 1.54) is 0 Å². The first-order valence-corrected chi connectivity index (χ1v) is 10.1. The maximum Gasteiger partial charge on any atom is 0.261 e. The van der Waals surface area contributed by atoms with Crippen LogP contribution in [0.1, 0.15) is 46.9 Å². The van der Waals surface area contributed by atoms with Crippen molar-refractivity contribution in [2.24, 2.45) is 0 Å². The number of rotatable bonds is 5. The minimum absolute atomic E-state index is 0.0511. The summed E-state index contributed by atoms with van der Waals surface area (Å²) in [5.74, 6) is 2.29. The van der Waals surface area contributed by atoms with Crippen molar-refractivity contribution in [3.63, 3.8) is 0 Å². The van der Waals surface area contributed by atoms with Crippen LogP contribution < -0.4 is 4.74 Å². The highest BCUT2D eigenvalue weighted by atomic mass is 16.5. The summed E-state index contributed by atoms with van der Waals surface area (Å²) >= 11 is 0. The molecular weight excluding hydrogens is 380 g/mol. The maximum atomic E-state index is 12.8. The molecule has 1 unspecified atom stereocenters. The van der Waals surface area contributed by atoms with Crippen LogP contribution in [0, 0.1) is 11.3 Å². The summed E-state index contributed by atoms with van der Waals surface area (Å²) in [4.78, 5) is 19.1. The van der Waals surface area contributed by atoms with E-state index in [-0.39, 0.29) is 12.0 Å². The van der Waals surface area contributed by atoms with E-state index in [0.29, 0.717) is 41.8 Å². The van der Waals surface area contributed by atoms with Gasteiger partial charge in [0.2, 0.25) is 0 Å². The van der Waals surface area contributed by atoms with Gasteiger partial charge in [0.15, 0.2) is 5.82 Å². The van der Waals surface area contributed by atoms with E-state index < -0.39 is 0 Å². The molecule has 30 heavy (non-hydrogen) atoms. The molecule has 1 amide bonds. The van der Waals surface area contributed by atoms with Gasteiger partial charge in [-0.1, -0.05) is 17.3 Å². The Morgan fingerprint density at radius 3 is 2.70 bits per heavy atom. The summed E-state index contributed by atoms with van der Waals surface area (Å²) in [5.41, 5.74) is 1.89. The van der Waals surface area contributed by atoms with Crippen LogP contribution in [0.15, 0.2) is 53.1 Å². The van der Waals surface area contributed by atoms with E-state index in [2.05, 4.69) is 16.2 Å². The van der Waals surface area contributed by atoms with Crippen LogP contribution >= 0.6 is 0 Å². The number of likely N-dealkylation sites (tertiary alicyclic amines) is 1. The highest BCUT2D eigenvalue weighted by molar-refractivity contribution is 5.94. The zero-order valence-corrected chi connectivity index (χ0v) is 16.3. The van der Waals surface area contributed by atoms with Gasteiger partial charge in [0.25, 0.3) is 11.8 Å². The molecule has 0 spiro atoms. The highest BCUT2D eigenvalue weighted by Gasteiger charge is 2.31. The quantitative estimate of drug-likeness (QED) is 0.647. The van der Waals surface area contributed by atoms with Gasteiger partial charge >= 0.3 is 0 Å². The molecule has 5 rings (SSSR count). The first-order chi connectivity index (χ1) is 14.7. The molecule has 2 fully saturated rings. The van der Waals surface area contributed by atoms with Crippen molar-refractivity contribution in [3.8, 4) is 23.3 Å². The largest absolute Gasteiger partial charge is 0.488 e. The topological polar surface area (TPSA) is 92.2 Å². The van der Waals surface area contributed by atoms with Gasteiger partial charge in [-0.05, 0) is 49.2 Å². The number of carbonyl (C=O) groups excluding carboxylic acids is 1. The van der Waals surface area contributed by atoms with Crippen molar-refractivity contribution in [2.45, 2.75) is 31.3 Å². The Morgan fingerprint density at radius 1 is 1.13 bits per heavy atom. The third-order valence-corrected chi connectivity index (χ3v) is 5.49. The molecule has 0 N–H and O–H groups in total. The summed E-state index contributed by atoms with van der Waals surface area (Å²) in [6.45, 7) is 1.13. The molecule has 1 aromatic heterocycles. The van der Waals surface area contributed by atoms with E-state index in [9.17, 15) is 4.79 Å². The molecule has 1 aliphatic heterocycles. The molecule has 1 saturated carbocycles. The average Bonchev–Trinajstić information content (AvgIpc) is 3.33. The van der Waals surface area contributed by atoms with Gasteiger partial charge in [-0.25, -0.2) is 0 Å². The summed E-state index contributed by atoms with van der Waals surface area (Å²) in [5, 5.41) is 13.0. The maximum absolute atomic E-state index is 12.8. The number of benzene rings is 2. The van der Waals surface area contributed by atoms with Gasteiger partial charge in [-0.15, -0.1) is 0 Å². The number of ether oxygens (including phenoxy) is 1. The van der Waals surface area contributed by atoms with Gasteiger partial charge in [0.1, 0.15) is 11.9 Å². The number of hydrogen-bond donors (Lipinski definition) is 0. The van der Waals surface area contributed by atoms with Crippen molar-refractivity contribution in [2.75, 3.05) is 13.1 Å². The Hall–Kier alpha value is -3.66. The number of nitriles is 1. The van der Waals surface area contributed by atoms with Gasteiger partial charge in [0.05, 0.1) is 23.7 Å². The number of amides is 1. The lowest BCUT2D eigenvalue weighted by Crippen LogP contribution is -2.31. The normalized spacial score (nSPS) is 18.2. The molecule has 150 valence electrons. The minimum Gasteiger partial charge on any atom is -0.488 e. The Labute approximate surface area is 173 Å². The van der Waals surface area contributed by atoms with Crippen molar-refractivity contribution >= 4 is 5.91 Å². The summed E-state index contributed by atoms with van der Waals surface area (Å²) in [7, 11) is 0. The Morgan fingerprint density at radius 2 is 1.93 bits per heavy atom. The second kappa shape index (κ2) is 7.64. The Bertz CT molecular complexity index is 1110. The van der Waals surface area contributed by atoms with Crippen LogP contribution in [0.25, 0.3) is 11.5 Å². The van der Waals surface area contributed by atoms with E-state index in [4.69, 9.17) is 14.5 Å². The second-order valence-corrected chi connectivity index (χ2v) is 7.70. The summed E-state index contributed by atoms with van der Waals surface area (Å²) in [6.07, 6.45) is 2.86. The van der Waals surface area contributed by atoms with Crippen LogP contribution in [0.4, 0.5) is 0 Å². The molecule has 2 aromatic carbocycles. The fourth-order valence-corrected chi connectivity index (χ4v) is 3.66. The Balaban J connectivity index is 1.28. The fourth-order valence-electron chi connectivity index (χ4n) is 3.66. The SMILES string of the molecule is N#Cc1ccc(C(=O)N2CCC(Oc3ccccc3-c3nc(C4CC4)no3)C2)cc1. The smallest absolute Gasteiger partial charge is 0.261 e. The van der Waals surface area contributed by atoms with Gasteiger partial charge in [-0.2, -0.15) is 10.2 Å². The number of aromatic nitrogens is 2. The third-order valence-electron chi connectivity index (χ3n) is 5.49. The van der Waals surface area contributed by atoms with E-state index in [1.54, 1.807) is 29.2 Å². The van der Waals surface area contributed by atoms with Crippen LogP contribution in [0.2, 0.25) is 0 Å². The van der Waals surface area contributed by atoms with Gasteiger partial charge in [-0.3, -0.25) is 4.79 Å². The standard InChI is InChI=1S/C23H20N4O3/c24-13-15-5-7-17(8-6-15)23(28)27-12-11-18(14-27)29-20-4-2-1-3-19(20)22-25-21(26-30-22)16-9-10-16/h1-8,16,18H,9-12,14H2. The van der Waals surface area contributed by atoms with Crippen molar-refractivity contribution in [1.29, 1.82) is 5.26 Å². The van der Waals surface area contributed by atoms with Crippen molar-refractivity contribution < 1.29 is 14.1 Å². The Kier molecular flexibility index (Phi) is 4.68. The van der Waals surface area contributed by atoms with E-state index in [1.807, 2.05) is 24.3 Å². The van der Waals surface area contributed by atoms with E-state index in [0.717, 1.165) is 30.7 Å². The molecule has 1 saturated heterocycles. The molecule has 1 aliphatic carbocycles. The molecule has 0 radical (unpaired) electrons. The number of nitrogens with zero attached hydrogens (tertiary/aromatic N) is 4. The van der Waals surface area contributed by atoms with Crippen LogP contribution in [0.5, 0.6) is 5.75 Å². The molecule has 1 atom stereocenters. The highest BCUT2D eigenvalue weighted by Crippen LogP contribution is 2.40. The molecule has 3 aromatic rings. The van der Waals surface area contributed by atoms with Gasteiger partial charge in [0, 0.05) is 24.4 Å². The summed E-state index contributed by atoms with van der Waals surface area (Å²) in [6, 6.07) is 16.4. The van der Waals surface area contributed by atoms with Crippen LogP contribution in [0.3, 0.4) is 0 Å². The molecule has 7 heteroatoms. The lowest BCUT2D eigenvalue weighted by Gasteiger charge is -2.18. The number of carbonyl (C=O) groups is 1. The van der Waals surface area contributed by atoms with Crippen LogP contribution in [-0.4, -0.2) is 40.1 Å². The third kappa shape index (κ3) is 3.64. The molecule has 2 aliphatic rings. The van der Waals surface area contributed by atoms with Crippen LogP contribution in [-0.2, 0) is 0 Å². The summed E-state index contributed by atoms with van der Waals surface area (Å²) < 4.78 is 11.7. The monoisotopic (exact) mass is 400 g/mol. The van der Waals surface area contributed by atoms with E-state index >= 15 is 0 Å². The zero-order chi connectivity index (χ0) is 20.5. The first kappa shape index (κ1) is 18.4. The van der Waals surface area contributed by atoms with Crippen molar-refractivity contribution in [3.05, 3.63) is 65.5 Å². The van der Waals surface area contributed by atoms with Crippen molar-refractivity contribution in [1.82, 2.24) is 15.0 Å². The average molecular weight is 400 g/mol. The first-order valence-electron chi connectivity index (χ1n) is 10.1. The number of para-hydroxylation sites is 1. The lowest BCUT2D eigenvalue weighted by atomic mass is 10.1. The zero-order valence-electron chi connectivity index (χ0n) is 16.3. The fraction of sp³-hybridized carbons (Fsp3) is 0.304. The molecule has 2 heterocycles. The number of hydrogen-bond acceptors (Lipinski definition) is 6. The second-order valence-electron chi connectivity index (χ2n) is 7.70. The molecular formula is C23H20N4O3.